The van der Waals surface area contributed by atoms with Crippen molar-refractivity contribution < 1.29 is 9.59 Å². The van der Waals surface area contributed by atoms with Crippen molar-refractivity contribution in [3.8, 4) is 0 Å². The molecule has 3 nitrogen and oxygen atoms in total. The van der Waals surface area contributed by atoms with Crippen molar-refractivity contribution in [1.29, 1.82) is 0 Å². The van der Waals surface area contributed by atoms with E-state index in [1.54, 1.807) is 12.1 Å². The summed E-state index contributed by atoms with van der Waals surface area (Å²) < 4.78 is 0. The van der Waals surface area contributed by atoms with Gasteiger partial charge in [0.1, 0.15) is 0 Å². The average molecular weight is 293 g/mol. The number of Topliss-reactive ketones (excluding diaryl/α,β-unsaturated/α-hetero) is 1. The minimum atomic E-state index is 0.0871. The monoisotopic (exact) mass is 293 g/mol. The number of ketones is 1. The van der Waals surface area contributed by atoms with Gasteiger partial charge in [-0.1, -0.05) is 36.4 Å². The van der Waals surface area contributed by atoms with Crippen LogP contribution in [0.5, 0.6) is 0 Å². The van der Waals surface area contributed by atoms with E-state index in [-0.39, 0.29) is 5.78 Å². The van der Waals surface area contributed by atoms with Crippen LogP contribution in [0.4, 0.5) is 5.69 Å². The van der Waals surface area contributed by atoms with E-state index < -0.39 is 0 Å². The standard InChI is InChI=1S/C19H19NO2/c21-14-17-9-8-16(13-18(17)20-10-4-5-11-20)19(22)12-15-6-2-1-3-7-15/h1-3,6-9,13-14H,4-5,10-12H2. The van der Waals surface area contributed by atoms with Crippen molar-refractivity contribution in [2.24, 2.45) is 0 Å². The van der Waals surface area contributed by atoms with Gasteiger partial charge in [0.05, 0.1) is 0 Å². The molecule has 0 radical (unpaired) electrons. The van der Waals surface area contributed by atoms with Crippen LogP contribution < -0.4 is 4.90 Å². The molecule has 0 unspecified atom stereocenters. The fourth-order valence-electron chi connectivity index (χ4n) is 2.93. The van der Waals surface area contributed by atoms with Crippen LogP contribution in [0.3, 0.4) is 0 Å². The van der Waals surface area contributed by atoms with Gasteiger partial charge in [-0.15, -0.1) is 0 Å². The van der Waals surface area contributed by atoms with E-state index in [9.17, 15) is 9.59 Å². The molecule has 0 saturated carbocycles. The fourth-order valence-corrected chi connectivity index (χ4v) is 2.93. The van der Waals surface area contributed by atoms with Crippen molar-refractivity contribution in [1.82, 2.24) is 0 Å². The minimum absolute atomic E-state index is 0.0871. The summed E-state index contributed by atoms with van der Waals surface area (Å²) in [6, 6.07) is 15.1. The number of nitrogens with zero attached hydrogens (tertiary/aromatic N) is 1. The van der Waals surface area contributed by atoms with E-state index >= 15 is 0 Å². The molecule has 0 aromatic heterocycles. The molecule has 0 aliphatic carbocycles. The van der Waals surface area contributed by atoms with Gasteiger partial charge >= 0.3 is 0 Å². The van der Waals surface area contributed by atoms with Crippen molar-refractivity contribution >= 4 is 17.8 Å². The maximum absolute atomic E-state index is 12.5. The SMILES string of the molecule is O=Cc1ccc(C(=O)Cc2ccccc2)cc1N1CCCC1. The van der Waals surface area contributed by atoms with E-state index in [1.807, 2.05) is 36.4 Å². The van der Waals surface area contributed by atoms with Crippen LogP contribution in [0, 0.1) is 0 Å². The molecule has 1 fully saturated rings. The van der Waals surface area contributed by atoms with Gasteiger partial charge in [-0.25, -0.2) is 0 Å². The van der Waals surface area contributed by atoms with E-state index in [1.165, 1.54) is 0 Å². The lowest BCUT2D eigenvalue weighted by Gasteiger charge is -2.20. The highest BCUT2D eigenvalue weighted by molar-refractivity contribution is 6.00. The second kappa shape index (κ2) is 6.56. The molecule has 0 amide bonds. The maximum Gasteiger partial charge on any atom is 0.167 e. The Labute approximate surface area is 130 Å². The number of aldehydes is 1. The van der Waals surface area contributed by atoms with E-state index in [0.29, 0.717) is 17.5 Å². The Morgan fingerprint density at radius 1 is 1.05 bits per heavy atom. The molecule has 3 heteroatoms. The molecule has 112 valence electrons. The third-order valence-corrected chi connectivity index (χ3v) is 4.13. The highest BCUT2D eigenvalue weighted by atomic mass is 16.1. The first-order valence-corrected chi connectivity index (χ1v) is 7.69. The Bertz CT molecular complexity index is 673. The lowest BCUT2D eigenvalue weighted by Crippen LogP contribution is -2.20. The fraction of sp³-hybridized carbons (Fsp3) is 0.263. The van der Waals surface area contributed by atoms with Crippen molar-refractivity contribution in [2.45, 2.75) is 19.3 Å². The van der Waals surface area contributed by atoms with Gasteiger partial charge in [-0.05, 0) is 30.5 Å². The zero-order valence-electron chi connectivity index (χ0n) is 12.5. The normalized spacial score (nSPS) is 14.1. The Morgan fingerprint density at radius 3 is 2.45 bits per heavy atom. The molecule has 0 bridgehead atoms. The van der Waals surface area contributed by atoms with Crippen molar-refractivity contribution in [2.75, 3.05) is 18.0 Å². The van der Waals surface area contributed by atoms with Gasteiger partial charge < -0.3 is 4.90 Å². The Morgan fingerprint density at radius 2 is 1.77 bits per heavy atom. The molecule has 2 aromatic rings. The summed E-state index contributed by atoms with van der Waals surface area (Å²) in [5.41, 5.74) is 3.25. The predicted octanol–water partition coefficient (Wildman–Crippen LogP) is 3.52. The van der Waals surface area contributed by atoms with Crippen LogP contribution in [0.1, 0.15) is 39.1 Å². The Balaban J connectivity index is 1.85. The molecule has 2 aromatic carbocycles. The summed E-state index contributed by atoms with van der Waals surface area (Å²) in [5.74, 6) is 0.0871. The topological polar surface area (TPSA) is 37.4 Å². The summed E-state index contributed by atoms with van der Waals surface area (Å²) >= 11 is 0. The highest BCUT2D eigenvalue weighted by Crippen LogP contribution is 2.25. The highest BCUT2D eigenvalue weighted by Gasteiger charge is 2.17. The summed E-state index contributed by atoms with van der Waals surface area (Å²) in [6.45, 7) is 1.91. The summed E-state index contributed by atoms with van der Waals surface area (Å²) in [6.07, 6.45) is 3.54. The van der Waals surface area contributed by atoms with Gasteiger partial charge in [0, 0.05) is 36.3 Å². The van der Waals surface area contributed by atoms with E-state index in [0.717, 1.165) is 43.5 Å². The smallest absolute Gasteiger partial charge is 0.167 e. The largest absolute Gasteiger partial charge is 0.371 e. The number of rotatable bonds is 5. The number of hydrogen-bond acceptors (Lipinski definition) is 3. The average Bonchev–Trinajstić information content (AvgIpc) is 3.09. The van der Waals surface area contributed by atoms with Crippen LogP contribution >= 0.6 is 0 Å². The van der Waals surface area contributed by atoms with Gasteiger partial charge in [-0.2, -0.15) is 0 Å². The van der Waals surface area contributed by atoms with Gasteiger partial charge in [0.15, 0.2) is 12.1 Å². The first-order chi connectivity index (χ1) is 10.8. The molecule has 1 aliphatic heterocycles. The van der Waals surface area contributed by atoms with Crippen molar-refractivity contribution in [3.63, 3.8) is 0 Å². The second-order valence-corrected chi connectivity index (χ2v) is 5.67. The number of hydrogen-bond donors (Lipinski definition) is 0. The summed E-state index contributed by atoms with van der Waals surface area (Å²) in [4.78, 5) is 25.9. The van der Waals surface area contributed by atoms with Crippen LogP contribution in [0.2, 0.25) is 0 Å². The predicted molar refractivity (Wildman–Crippen MR) is 87.8 cm³/mol. The van der Waals surface area contributed by atoms with E-state index in [2.05, 4.69) is 4.90 Å². The van der Waals surface area contributed by atoms with Gasteiger partial charge in [0.2, 0.25) is 0 Å². The molecule has 1 saturated heterocycles. The lowest BCUT2D eigenvalue weighted by molar-refractivity contribution is 0.0992. The first-order valence-electron chi connectivity index (χ1n) is 7.69. The summed E-state index contributed by atoms with van der Waals surface area (Å²) in [5, 5.41) is 0. The Hall–Kier alpha value is -2.42. The van der Waals surface area contributed by atoms with Crippen LogP contribution in [0.25, 0.3) is 0 Å². The minimum Gasteiger partial charge on any atom is -0.371 e. The lowest BCUT2D eigenvalue weighted by atomic mass is 10.0. The molecule has 0 spiro atoms. The molecular weight excluding hydrogens is 274 g/mol. The molecular formula is C19H19NO2. The molecule has 0 atom stereocenters. The number of carbonyl (C=O) groups is 2. The molecule has 1 aliphatic rings. The third kappa shape index (κ3) is 3.08. The van der Waals surface area contributed by atoms with Gasteiger partial charge in [0.25, 0.3) is 0 Å². The molecule has 1 heterocycles. The van der Waals surface area contributed by atoms with Crippen LogP contribution in [-0.2, 0) is 6.42 Å². The molecule has 0 N–H and O–H groups in total. The summed E-state index contributed by atoms with van der Waals surface area (Å²) in [7, 11) is 0. The zero-order chi connectivity index (χ0) is 15.4. The quantitative estimate of drug-likeness (QED) is 0.625. The first kappa shape index (κ1) is 14.5. The number of carbonyl (C=O) groups excluding carboxylic acids is 2. The Kier molecular flexibility index (Phi) is 4.33. The zero-order valence-corrected chi connectivity index (χ0v) is 12.5. The molecule has 22 heavy (non-hydrogen) atoms. The van der Waals surface area contributed by atoms with Crippen LogP contribution in [-0.4, -0.2) is 25.2 Å². The van der Waals surface area contributed by atoms with Crippen molar-refractivity contribution in [3.05, 3.63) is 65.2 Å². The third-order valence-electron chi connectivity index (χ3n) is 4.13. The van der Waals surface area contributed by atoms with Crippen LogP contribution in [0.15, 0.2) is 48.5 Å². The van der Waals surface area contributed by atoms with Gasteiger partial charge in [-0.3, -0.25) is 9.59 Å². The van der Waals surface area contributed by atoms with E-state index in [4.69, 9.17) is 0 Å². The number of benzene rings is 2. The number of anilines is 1. The maximum atomic E-state index is 12.5. The molecule has 3 rings (SSSR count). The second-order valence-electron chi connectivity index (χ2n) is 5.67.